The third-order valence-corrected chi connectivity index (χ3v) is 10.7. The minimum atomic E-state index is -1.59. The summed E-state index contributed by atoms with van der Waals surface area (Å²) in [6.45, 7) is 3.73. The molecule has 0 aliphatic carbocycles. The molecule has 0 aliphatic heterocycles. The van der Waals surface area contributed by atoms with Crippen molar-refractivity contribution in [1.29, 1.82) is 0 Å². The summed E-state index contributed by atoms with van der Waals surface area (Å²) in [5, 5.41) is 19.2. The topological polar surface area (TPSA) is 127 Å². The van der Waals surface area contributed by atoms with E-state index in [1.165, 1.54) is 141 Å². The monoisotopic (exact) mass is 753 g/mol. The summed E-state index contributed by atoms with van der Waals surface area (Å²) in [7, 11) is 0. The Morgan fingerprint density at radius 1 is 0.377 bits per heavy atom. The molecule has 0 aromatic rings. The number of carboxylic acids is 2. The Kier molecular flexibility index (Phi) is 36.6. The molecule has 0 rings (SSSR count). The van der Waals surface area contributed by atoms with Crippen molar-refractivity contribution in [2.24, 2.45) is 5.41 Å². The third kappa shape index (κ3) is 34.1. The molecule has 0 unspecified atom stereocenters. The van der Waals surface area contributed by atoms with E-state index in [2.05, 4.69) is 13.8 Å². The van der Waals surface area contributed by atoms with E-state index in [1.807, 2.05) is 0 Å². The number of carbonyl (C=O) groups excluding carboxylic acids is 2. The van der Waals surface area contributed by atoms with Crippen molar-refractivity contribution in [1.82, 2.24) is 0 Å². The number of carboxylic acid groups (broad SMARTS) is 2. The first-order valence-electron chi connectivity index (χ1n) is 22.5. The predicted octanol–water partition coefficient (Wildman–Crippen LogP) is 13.3. The zero-order valence-electron chi connectivity index (χ0n) is 34.7. The van der Waals surface area contributed by atoms with E-state index < -0.39 is 29.3 Å². The molecule has 0 spiro atoms. The van der Waals surface area contributed by atoms with Gasteiger partial charge in [0.1, 0.15) is 18.6 Å². The lowest BCUT2D eigenvalue weighted by Crippen LogP contribution is -2.42. The van der Waals surface area contributed by atoms with Gasteiger partial charge < -0.3 is 19.7 Å². The van der Waals surface area contributed by atoms with Gasteiger partial charge in [0.15, 0.2) is 0 Å². The summed E-state index contributed by atoms with van der Waals surface area (Å²) < 4.78 is 10.9. The van der Waals surface area contributed by atoms with E-state index in [1.54, 1.807) is 0 Å². The Morgan fingerprint density at radius 3 is 0.906 bits per heavy atom. The zero-order chi connectivity index (χ0) is 39.1. The van der Waals surface area contributed by atoms with Gasteiger partial charge in [-0.3, -0.25) is 19.2 Å². The molecule has 0 aromatic heterocycles. The van der Waals surface area contributed by atoms with Gasteiger partial charge in [0.05, 0.1) is 0 Å². The number of aliphatic carboxylic acids is 2. The number of carbonyl (C=O) groups is 4. The molecule has 0 aromatic carbocycles. The van der Waals surface area contributed by atoms with E-state index in [-0.39, 0.29) is 38.9 Å². The Bertz CT molecular complexity index is 823. The average molecular weight is 753 g/mol. The molecule has 53 heavy (non-hydrogen) atoms. The smallest absolute Gasteiger partial charge is 0.316 e. The van der Waals surface area contributed by atoms with Crippen molar-refractivity contribution in [3.05, 3.63) is 0 Å². The van der Waals surface area contributed by atoms with Gasteiger partial charge in [0.2, 0.25) is 0 Å². The van der Waals surface area contributed by atoms with Gasteiger partial charge in [0.25, 0.3) is 0 Å². The molecular weight excluding hydrogens is 668 g/mol. The third-order valence-electron chi connectivity index (χ3n) is 10.7. The highest BCUT2D eigenvalue weighted by atomic mass is 16.6. The van der Waals surface area contributed by atoms with Crippen molar-refractivity contribution in [3.63, 3.8) is 0 Å². The summed E-state index contributed by atoms with van der Waals surface area (Å²) in [4.78, 5) is 48.6. The molecule has 0 amide bonds. The minimum absolute atomic E-state index is 0.0636. The fourth-order valence-corrected chi connectivity index (χ4v) is 7.02. The number of hydrogen-bond donors (Lipinski definition) is 2. The van der Waals surface area contributed by atoms with Crippen molar-refractivity contribution in [3.8, 4) is 0 Å². The van der Waals surface area contributed by atoms with Gasteiger partial charge in [-0.05, 0) is 25.7 Å². The maximum absolute atomic E-state index is 12.6. The maximum atomic E-state index is 12.6. The second-order valence-electron chi connectivity index (χ2n) is 15.9. The first-order chi connectivity index (χ1) is 25.8. The molecule has 0 radical (unpaired) electrons. The van der Waals surface area contributed by atoms with E-state index in [0.29, 0.717) is 25.7 Å². The predicted molar refractivity (Wildman–Crippen MR) is 217 cm³/mol. The summed E-state index contributed by atoms with van der Waals surface area (Å²) in [5.74, 6) is -3.04. The van der Waals surface area contributed by atoms with Crippen LogP contribution in [0, 0.1) is 5.41 Å². The standard InChI is InChI=1S/C45H84O8/c1-3-5-7-9-11-13-15-17-19-21-23-25-27-29-31-36-42(48)52-39-45(44(50)51,38-34-33-35-41(46)47)40-53-43(49)37-32-30-28-26-24-22-20-18-16-14-12-10-8-6-4-2/h3-40H2,1-2H3,(H,46,47)(H,50,51). The minimum Gasteiger partial charge on any atom is -0.481 e. The van der Waals surface area contributed by atoms with Crippen LogP contribution in [0.15, 0.2) is 0 Å². The molecule has 8 nitrogen and oxygen atoms in total. The van der Waals surface area contributed by atoms with E-state index in [0.717, 1.165) is 38.5 Å². The molecule has 8 heteroatoms. The number of esters is 2. The van der Waals surface area contributed by atoms with E-state index >= 15 is 0 Å². The fourth-order valence-electron chi connectivity index (χ4n) is 7.02. The molecule has 0 saturated heterocycles. The molecule has 0 fully saturated rings. The van der Waals surface area contributed by atoms with Crippen LogP contribution in [0.4, 0.5) is 0 Å². The largest absolute Gasteiger partial charge is 0.481 e. The molecule has 312 valence electrons. The van der Waals surface area contributed by atoms with Crippen molar-refractivity contribution in [2.75, 3.05) is 13.2 Å². The Morgan fingerprint density at radius 2 is 0.642 bits per heavy atom. The van der Waals surface area contributed by atoms with Crippen LogP contribution in [0.2, 0.25) is 0 Å². The summed E-state index contributed by atoms with van der Waals surface area (Å²) in [5.41, 5.74) is -1.59. The van der Waals surface area contributed by atoms with E-state index in [9.17, 15) is 24.3 Å². The Hall–Kier alpha value is -2.12. The molecule has 2 N–H and O–H groups in total. The highest BCUT2D eigenvalue weighted by Gasteiger charge is 2.41. The second-order valence-corrected chi connectivity index (χ2v) is 15.9. The summed E-state index contributed by atoms with van der Waals surface area (Å²) >= 11 is 0. The fraction of sp³-hybridized carbons (Fsp3) is 0.911. The van der Waals surface area contributed by atoms with Crippen molar-refractivity contribution >= 4 is 23.9 Å². The van der Waals surface area contributed by atoms with Gasteiger partial charge in [-0.15, -0.1) is 0 Å². The van der Waals surface area contributed by atoms with E-state index in [4.69, 9.17) is 14.6 Å². The van der Waals surface area contributed by atoms with Crippen LogP contribution in [-0.2, 0) is 28.7 Å². The molecule has 0 atom stereocenters. The first-order valence-corrected chi connectivity index (χ1v) is 22.5. The van der Waals surface area contributed by atoms with Gasteiger partial charge in [0, 0.05) is 19.3 Å². The van der Waals surface area contributed by atoms with Crippen LogP contribution in [-0.4, -0.2) is 47.3 Å². The van der Waals surface area contributed by atoms with Crippen molar-refractivity contribution in [2.45, 2.75) is 245 Å². The normalized spacial score (nSPS) is 11.5. The lowest BCUT2D eigenvalue weighted by Gasteiger charge is -2.28. The van der Waals surface area contributed by atoms with Crippen molar-refractivity contribution < 1.29 is 38.9 Å². The van der Waals surface area contributed by atoms with Crippen LogP contribution in [0.1, 0.15) is 245 Å². The molecular formula is C45H84O8. The number of unbranched alkanes of at least 4 members (excludes halogenated alkanes) is 29. The lowest BCUT2D eigenvalue weighted by atomic mass is 9.84. The van der Waals surface area contributed by atoms with Crippen LogP contribution in [0.25, 0.3) is 0 Å². The second kappa shape index (κ2) is 38.2. The number of rotatable bonds is 42. The van der Waals surface area contributed by atoms with Crippen LogP contribution >= 0.6 is 0 Å². The maximum Gasteiger partial charge on any atom is 0.316 e. The summed E-state index contributed by atoms with van der Waals surface area (Å²) in [6, 6.07) is 0. The van der Waals surface area contributed by atoms with Gasteiger partial charge >= 0.3 is 23.9 Å². The van der Waals surface area contributed by atoms with Crippen LogP contribution < -0.4 is 0 Å². The number of ether oxygens (including phenoxy) is 2. The SMILES string of the molecule is CCCCCCCCCCCCCCCCCC(=O)OCC(CCCCC(=O)O)(COC(=O)CCCCCCCCCCCCCCCCC)C(=O)O. The first kappa shape index (κ1) is 50.9. The quantitative estimate of drug-likeness (QED) is 0.0466. The van der Waals surface area contributed by atoms with Crippen LogP contribution in [0.3, 0.4) is 0 Å². The molecule has 0 saturated carbocycles. The highest BCUT2D eigenvalue weighted by molar-refractivity contribution is 5.77. The molecule has 0 heterocycles. The molecule has 0 aliphatic rings. The van der Waals surface area contributed by atoms with Gasteiger partial charge in [-0.1, -0.05) is 200 Å². The Labute approximate surface area is 325 Å². The Balaban J connectivity index is 4.28. The summed E-state index contributed by atoms with van der Waals surface area (Å²) in [6.07, 6.45) is 38.1. The number of hydrogen-bond acceptors (Lipinski definition) is 6. The highest BCUT2D eigenvalue weighted by Crippen LogP contribution is 2.28. The lowest BCUT2D eigenvalue weighted by molar-refractivity contribution is -0.168. The van der Waals surface area contributed by atoms with Gasteiger partial charge in [-0.25, -0.2) is 0 Å². The molecule has 0 bridgehead atoms. The average Bonchev–Trinajstić information content (AvgIpc) is 3.13. The zero-order valence-corrected chi connectivity index (χ0v) is 34.7. The van der Waals surface area contributed by atoms with Crippen LogP contribution in [0.5, 0.6) is 0 Å². The van der Waals surface area contributed by atoms with Gasteiger partial charge in [-0.2, -0.15) is 0 Å².